The van der Waals surface area contributed by atoms with Gasteiger partial charge >= 0.3 is 0 Å². The zero-order valence-corrected chi connectivity index (χ0v) is 15.4. The number of H-pyrrole nitrogens is 1. The number of rotatable bonds is 4. The molecule has 0 saturated carbocycles. The number of aliphatic hydroxyl groups is 1. The summed E-state index contributed by atoms with van der Waals surface area (Å²) in [4.78, 5) is 32.7. The SMILES string of the molecule is Cc1ncc(C(=O)N2CCOC[C@](O)(COc3ccccc3C)C2)c(=O)[nH]1. The Morgan fingerprint density at radius 2 is 2.19 bits per heavy atom. The van der Waals surface area contributed by atoms with Gasteiger partial charge in [-0.05, 0) is 25.5 Å². The normalized spacial score (nSPS) is 20.2. The predicted octanol–water partition coefficient (Wildman–Crippen LogP) is 0.669. The van der Waals surface area contributed by atoms with E-state index in [1.165, 1.54) is 11.1 Å². The van der Waals surface area contributed by atoms with Gasteiger partial charge in [-0.25, -0.2) is 4.98 Å². The molecule has 1 fully saturated rings. The summed E-state index contributed by atoms with van der Waals surface area (Å²) in [6.07, 6.45) is 1.26. The van der Waals surface area contributed by atoms with E-state index in [1.807, 2.05) is 31.2 Å². The third kappa shape index (κ3) is 4.53. The van der Waals surface area contributed by atoms with E-state index in [9.17, 15) is 14.7 Å². The first-order valence-electron chi connectivity index (χ1n) is 8.72. The van der Waals surface area contributed by atoms with Gasteiger partial charge in [0.25, 0.3) is 11.5 Å². The van der Waals surface area contributed by atoms with E-state index < -0.39 is 17.1 Å². The Balaban J connectivity index is 1.75. The Hall–Kier alpha value is -2.71. The molecule has 1 aromatic carbocycles. The Morgan fingerprint density at radius 3 is 2.93 bits per heavy atom. The fraction of sp³-hybridized carbons (Fsp3) is 0.421. The van der Waals surface area contributed by atoms with E-state index in [0.29, 0.717) is 11.6 Å². The summed E-state index contributed by atoms with van der Waals surface area (Å²) in [5.41, 5.74) is -1.01. The fourth-order valence-corrected chi connectivity index (χ4v) is 2.91. The molecule has 144 valence electrons. The van der Waals surface area contributed by atoms with Gasteiger partial charge in [-0.1, -0.05) is 18.2 Å². The number of carbonyl (C=O) groups excluding carboxylic acids is 1. The summed E-state index contributed by atoms with van der Waals surface area (Å²) in [6, 6.07) is 7.48. The van der Waals surface area contributed by atoms with Crippen LogP contribution in [0.25, 0.3) is 0 Å². The fourth-order valence-electron chi connectivity index (χ4n) is 2.91. The van der Waals surface area contributed by atoms with Gasteiger partial charge in [0.15, 0.2) is 0 Å². The number of nitrogens with one attached hydrogen (secondary N) is 1. The number of carbonyl (C=O) groups is 1. The molecule has 0 bridgehead atoms. The van der Waals surface area contributed by atoms with Crippen molar-refractivity contribution in [2.45, 2.75) is 19.4 Å². The number of aromatic nitrogens is 2. The summed E-state index contributed by atoms with van der Waals surface area (Å²) in [7, 11) is 0. The molecule has 1 aromatic heterocycles. The van der Waals surface area contributed by atoms with E-state index in [4.69, 9.17) is 9.47 Å². The van der Waals surface area contributed by atoms with E-state index in [2.05, 4.69) is 9.97 Å². The maximum atomic E-state index is 12.8. The van der Waals surface area contributed by atoms with E-state index in [-0.39, 0.29) is 38.5 Å². The van der Waals surface area contributed by atoms with Crippen LogP contribution in [0.5, 0.6) is 5.75 Å². The van der Waals surface area contributed by atoms with Gasteiger partial charge in [-0.2, -0.15) is 0 Å². The molecule has 0 unspecified atom stereocenters. The number of para-hydroxylation sites is 1. The molecule has 0 radical (unpaired) electrons. The van der Waals surface area contributed by atoms with E-state index in [0.717, 1.165) is 5.56 Å². The highest BCUT2D eigenvalue weighted by molar-refractivity contribution is 5.93. The molecule has 1 aliphatic heterocycles. The molecule has 0 spiro atoms. The molecule has 1 atom stereocenters. The highest BCUT2D eigenvalue weighted by atomic mass is 16.5. The Morgan fingerprint density at radius 1 is 1.41 bits per heavy atom. The summed E-state index contributed by atoms with van der Waals surface area (Å²) in [5, 5.41) is 10.9. The average Bonchev–Trinajstić information content (AvgIpc) is 2.83. The quantitative estimate of drug-likeness (QED) is 0.816. The van der Waals surface area contributed by atoms with Gasteiger partial charge in [0.05, 0.1) is 19.8 Å². The number of hydrogen-bond donors (Lipinski definition) is 2. The van der Waals surface area contributed by atoms with Crippen LogP contribution in [0.1, 0.15) is 21.7 Å². The van der Waals surface area contributed by atoms with Crippen LogP contribution in [-0.4, -0.2) is 64.4 Å². The van der Waals surface area contributed by atoms with Crippen LogP contribution in [0, 0.1) is 13.8 Å². The van der Waals surface area contributed by atoms with E-state index >= 15 is 0 Å². The van der Waals surface area contributed by atoms with Crippen molar-refractivity contribution in [3.8, 4) is 5.75 Å². The molecule has 2 N–H and O–H groups in total. The second-order valence-corrected chi connectivity index (χ2v) is 6.77. The van der Waals surface area contributed by atoms with Gasteiger partial charge in [-0.15, -0.1) is 0 Å². The van der Waals surface area contributed by atoms with Crippen LogP contribution in [0.2, 0.25) is 0 Å². The summed E-state index contributed by atoms with van der Waals surface area (Å²) < 4.78 is 11.2. The molecule has 8 nitrogen and oxygen atoms in total. The van der Waals surface area contributed by atoms with Crippen molar-refractivity contribution in [1.82, 2.24) is 14.9 Å². The Labute approximate surface area is 156 Å². The van der Waals surface area contributed by atoms with Gasteiger partial charge in [0, 0.05) is 12.7 Å². The molecule has 8 heteroatoms. The lowest BCUT2D eigenvalue weighted by Crippen LogP contribution is -2.51. The number of nitrogens with zero attached hydrogens (tertiary/aromatic N) is 2. The zero-order valence-electron chi connectivity index (χ0n) is 15.4. The number of aromatic amines is 1. The summed E-state index contributed by atoms with van der Waals surface area (Å²) >= 11 is 0. The largest absolute Gasteiger partial charge is 0.490 e. The first-order valence-corrected chi connectivity index (χ1v) is 8.72. The summed E-state index contributed by atoms with van der Waals surface area (Å²) in [5.74, 6) is 0.592. The first kappa shape index (κ1) is 19.1. The molecule has 2 aromatic rings. The monoisotopic (exact) mass is 373 g/mol. The predicted molar refractivity (Wildman–Crippen MR) is 97.9 cm³/mol. The number of amides is 1. The van der Waals surface area contributed by atoms with Crippen molar-refractivity contribution in [2.75, 3.05) is 32.9 Å². The minimum absolute atomic E-state index is 0.00890. The number of ether oxygens (including phenoxy) is 2. The number of aryl methyl sites for hydroxylation is 2. The average molecular weight is 373 g/mol. The van der Waals surface area contributed by atoms with Crippen molar-refractivity contribution < 1.29 is 19.4 Å². The molecule has 3 rings (SSSR count). The van der Waals surface area contributed by atoms with Crippen molar-refractivity contribution in [3.63, 3.8) is 0 Å². The standard InChI is InChI=1S/C19H23N3O5/c1-13-5-3-4-6-16(13)27-12-19(25)10-22(7-8-26-11-19)18(24)15-9-20-14(2)21-17(15)23/h3-6,9,25H,7-8,10-12H2,1-2H3,(H,20,21,23)/t19-/m0/s1. The molecular formula is C19H23N3O5. The molecule has 0 aliphatic carbocycles. The Kier molecular flexibility index (Phi) is 5.57. The highest BCUT2D eigenvalue weighted by Crippen LogP contribution is 2.20. The Bertz CT molecular complexity index is 882. The minimum atomic E-state index is -1.39. The van der Waals surface area contributed by atoms with Crippen LogP contribution < -0.4 is 10.3 Å². The molecule has 1 aliphatic rings. The number of hydrogen-bond acceptors (Lipinski definition) is 6. The second-order valence-electron chi connectivity index (χ2n) is 6.77. The third-order valence-corrected chi connectivity index (χ3v) is 4.40. The van der Waals surface area contributed by atoms with Gasteiger partial charge in [-0.3, -0.25) is 9.59 Å². The van der Waals surface area contributed by atoms with E-state index in [1.54, 1.807) is 6.92 Å². The highest BCUT2D eigenvalue weighted by Gasteiger charge is 2.36. The van der Waals surface area contributed by atoms with Crippen LogP contribution in [0.15, 0.2) is 35.3 Å². The molecular weight excluding hydrogens is 350 g/mol. The lowest BCUT2D eigenvalue weighted by atomic mass is 10.1. The van der Waals surface area contributed by atoms with Gasteiger partial charge in [0.2, 0.25) is 0 Å². The first-order chi connectivity index (χ1) is 12.9. The number of β-amino-alcohol motifs (C(OH)–C–C–N with tert-alkyl or cyclic N) is 1. The number of benzene rings is 1. The molecule has 27 heavy (non-hydrogen) atoms. The van der Waals surface area contributed by atoms with Crippen LogP contribution in [-0.2, 0) is 4.74 Å². The molecule has 1 saturated heterocycles. The maximum absolute atomic E-state index is 12.8. The third-order valence-electron chi connectivity index (χ3n) is 4.40. The second kappa shape index (κ2) is 7.89. The van der Waals surface area contributed by atoms with Gasteiger partial charge in [0.1, 0.15) is 29.3 Å². The van der Waals surface area contributed by atoms with Crippen molar-refractivity contribution in [2.24, 2.45) is 0 Å². The lowest BCUT2D eigenvalue weighted by Gasteiger charge is -2.30. The van der Waals surface area contributed by atoms with Crippen molar-refractivity contribution in [1.29, 1.82) is 0 Å². The maximum Gasteiger partial charge on any atom is 0.263 e. The smallest absolute Gasteiger partial charge is 0.263 e. The molecule has 2 heterocycles. The summed E-state index contributed by atoms with van der Waals surface area (Å²) in [6.45, 7) is 4.06. The van der Waals surface area contributed by atoms with Crippen molar-refractivity contribution in [3.05, 3.63) is 57.8 Å². The van der Waals surface area contributed by atoms with Gasteiger partial charge < -0.3 is 24.5 Å². The van der Waals surface area contributed by atoms with Crippen LogP contribution >= 0.6 is 0 Å². The lowest BCUT2D eigenvalue weighted by molar-refractivity contribution is -0.0622. The topological polar surface area (TPSA) is 105 Å². The minimum Gasteiger partial charge on any atom is -0.490 e. The van der Waals surface area contributed by atoms with Crippen LogP contribution in [0.4, 0.5) is 0 Å². The van der Waals surface area contributed by atoms with Crippen molar-refractivity contribution >= 4 is 5.91 Å². The molecule has 1 amide bonds. The van der Waals surface area contributed by atoms with Crippen LogP contribution in [0.3, 0.4) is 0 Å². The zero-order chi connectivity index (χ0) is 19.4.